The van der Waals surface area contributed by atoms with E-state index in [9.17, 15) is 4.79 Å². The molecular formula is C25H23NO3S. The van der Waals surface area contributed by atoms with Crippen molar-refractivity contribution in [3.05, 3.63) is 87.3 Å². The summed E-state index contributed by atoms with van der Waals surface area (Å²) >= 11 is 1.73. The number of methoxy groups -OCH3 is 2. The van der Waals surface area contributed by atoms with Crippen LogP contribution >= 0.6 is 11.3 Å². The maximum atomic E-state index is 13.5. The zero-order valence-corrected chi connectivity index (χ0v) is 17.8. The quantitative estimate of drug-likeness (QED) is 0.589. The molecule has 0 radical (unpaired) electrons. The molecule has 2 aliphatic rings. The lowest BCUT2D eigenvalue weighted by Gasteiger charge is -2.36. The minimum atomic E-state index is -0.117. The minimum absolute atomic E-state index is 0.117. The minimum Gasteiger partial charge on any atom is -0.493 e. The molecule has 4 nitrogen and oxygen atoms in total. The van der Waals surface area contributed by atoms with Crippen molar-refractivity contribution in [1.29, 1.82) is 0 Å². The summed E-state index contributed by atoms with van der Waals surface area (Å²) < 4.78 is 11.1. The highest BCUT2D eigenvalue weighted by Gasteiger charge is 2.39. The Balaban J connectivity index is 1.67. The first kappa shape index (κ1) is 18.9. The van der Waals surface area contributed by atoms with Crippen molar-refractivity contribution in [1.82, 2.24) is 0 Å². The van der Waals surface area contributed by atoms with Crippen LogP contribution in [0.1, 0.15) is 40.7 Å². The van der Waals surface area contributed by atoms with Crippen molar-refractivity contribution in [3.8, 4) is 11.5 Å². The molecular weight excluding hydrogens is 394 g/mol. The van der Waals surface area contributed by atoms with Gasteiger partial charge in [0.1, 0.15) is 0 Å². The molecule has 1 N–H and O–H groups in total. The first-order valence-electron chi connectivity index (χ1n) is 10.1. The van der Waals surface area contributed by atoms with Crippen molar-refractivity contribution in [3.63, 3.8) is 0 Å². The van der Waals surface area contributed by atoms with Crippen LogP contribution in [0.15, 0.2) is 71.2 Å². The molecule has 0 amide bonds. The second kappa shape index (κ2) is 7.65. The fraction of sp³-hybridized carbons (Fsp3) is 0.240. The Kier molecular flexibility index (Phi) is 4.83. The Morgan fingerprint density at radius 2 is 1.73 bits per heavy atom. The van der Waals surface area contributed by atoms with Gasteiger partial charge in [0.2, 0.25) is 0 Å². The van der Waals surface area contributed by atoms with Crippen LogP contribution in [-0.2, 0) is 4.79 Å². The van der Waals surface area contributed by atoms with Crippen molar-refractivity contribution in [2.45, 2.75) is 24.7 Å². The largest absolute Gasteiger partial charge is 0.493 e. The number of nitrogens with one attached hydrogen (secondary N) is 1. The summed E-state index contributed by atoms with van der Waals surface area (Å²) in [6, 6.07) is 18.4. The molecule has 5 heteroatoms. The Morgan fingerprint density at radius 1 is 0.967 bits per heavy atom. The third-order valence-corrected chi connectivity index (χ3v) is 7.06. The number of allylic oxidation sites excluding steroid dienone is 2. The molecule has 5 rings (SSSR count). The van der Waals surface area contributed by atoms with Gasteiger partial charge in [-0.05, 0) is 35.1 Å². The summed E-state index contributed by atoms with van der Waals surface area (Å²) in [7, 11) is 3.28. The Hall–Kier alpha value is -3.05. The average Bonchev–Trinajstić information content (AvgIpc) is 3.32. The summed E-state index contributed by atoms with van der Waals surface area (Å²) in [4.78, 5) is 14.7. The zero-order valence-electron chi connectivity index (χ0n) is 17.0. The van der Waals surface area contributed by atoms with Gasteiger partial charge in [0.05, 0.1) is 14.2 Å². The van der Waals surface area contributed by atoms with E-state index in [2.05, 4.69) is 35.0 Å². The number of fused-ring (bicyclic) bond motifs is 1. The number of hydrogen-bond donors (Lipinski definition) is 1. The lowest BCUT2D eigenvalue weighted by atomic mass is 9.73. The number of rotatable bonds is 4. The summed E-state index contributed by atoms with van der Waals surface area (Å²) in [6.07, 6.45) is 1.38. The van der Waals surface area contributed by atoms with Gasteiger partial charge in [0.15, 0.2) is 17.3 Å². The van der Waals surface area contributed by atoms with Crippen LogP contribution < -0.4 is 14.8 Å². The molecule has 2 atom stereocenters. The monoisotopic (exact) mass is 417 g/mol. The summed E-state index contributed by atoms with van der Waals surface area (Å²) in [5.41, 5.74) is 5.04. The highest BCUT2D eigenvalue weighted by Crippen LogP contribution is 2.50. The second-order valence-corrected chi connectivity index (χ2v) is 8.68. The molecule has 30 heavy (non-hydrogen) atoms. The van der Waals surface area contributed by atoms with Gasteiger partial charge in [0.25, 0.3) is 0 Å². The van der Waals surface area contributed by atoms with Gasteiger partial charge < -0.3 is 14.8 Å². The number of ether oxygens (including phenoxy) is 2. The van der Waals surface area contributed by atoms with E-state index in [1.165, 1.54) is 4.88 Å². The van der Waals surface area contributed by atoms with E-state index in [4.69, 9.17) is 9.47 Å². The van der Waals surface area contributed by atoms with Gasteiger partial charge in [-0.2, -0.15) is 0 Å². The molecule has 2 heterocycles. The van der Waals surface area contributed by atoms with Crippen molar-refractivity contribution in [2.24, 2.45) is 0 Å². The third kappa shape index (κ3) is 3.10. The van der Waals surface area contributed by atoms with Crippen LogP contribution in [0.25, 0.3) is 0 Å². The van der Waals surface area contributed by atoms with E-state index in [1.54, 1.807) is 25.6 Å². The van der Waals surface area contributed by atoms with Gasteiger partial charge in [-0.1, -0.05) is 36.4 Å². The van der Waals surface area contributed by atoms with E-state index in [0.29, 0.717) is 17.9 Å². The number of benzene rings is 2. The van der Waals surface area contributed by atoms with Gasteiger partial charge in [0, 0.05) is 46.2 Å². The van der Waals surface area contributed by atoms with E-state index < -0.39 is 0 Å². The molecule has 0 bridgehead atoms. The summed E-state index contributed by atoms with van der Waals surface area (Å²) in [5, 5.41) is 5.66. The fourth-order valence-electron chi connectivity index (χ4n) is 4.66. The first-order valence-corrected chi connectivity index (χ1v) is 10.9. The van der Waals surface area contributed by atoms with Crippen molar-refractivity contribution >= 4 is 22.8 Å². The molecule has 1 aliphatic heterocycles. The van der Waals surface area contributed by atoms with E-state index >= 15 is 0 Å². The maximum Gasteiger partial charge on any atom is 0.162 e. The van der Waals surface area contributed by atoms with Gasteiger partial charge in [-0.3, -0.25) is 4.79 Å². The molecule has 1 aromatic heterocycles. The number of carbonyl (C=O) groups excluding carboxylic acids is 1. The molecule has 0 saturated heterocycles. The Labute approximate surface area is 180 Å². The molecule has 0 spiro atoms. The third-order valence-electron chi connectivity index (χ3n) is 6.03. The fourth-order valence-corrected chi connectivity index (χ4v) is 5.49. The predicted molar refractivity (Wildman–Crippen MR) is 120 cm³/mol. The lowest BCUT2D eigenvalue weighted by Crippen LogP contribution is -2.29. The Morgan fingerprint density at radius 3 is 2.43 bits per heavy atom. The van der Waals surface area contributed by atoms with Crippen LogP contribution in [0.5, 0.6) is 11.5 Å². The SMILES string of the molecule is COc1cc2c(cc1OC)[C@@H](c1ccccc1)C1=C(C[C@H](c3cccs3)CC1=O)N2. The van der Waals surface area contributed by atoms with E-state index in [-0.39, 0.29) is 17.6 Å². The highest BCUT2D eigenvalue weighted by molar-refractivity contribution is 7.10. The summed E-state index contributed by atoms with van der Waals surface area (Å²) in [6.45, 7) is 0. The maximum absolute atomic E-state index is 13.5. The highest BCUT2D eigenvalue weighted by atomic mass is 32.1. The molecule has 152 valence electrons. The van der Waals surface area contributed by atoms with Gasteiger partial charge in [-0.25, -0.2) is 0 Å². The number of ketones is 1. The smallest absolute Gasteiger partial charge is 0.162 e. The molecule has 1 aliphatic carbocycles. The standard InChI is InChI=1S/C25H23NO3S/c1-28-21-13-17-18(14-22(21)29-2)26-19-11-16(23-9-6-10-30-23)12-20(27)25(19)24(17)15-7-4-3-5-8-15/h3-10,13-14,16,24,26H,11-12H2,1-2H3/t16-,24+/m0/s1. The van der Waals surface area contributed by atoms with Gasteiger partial charge in [-0.15, -0.1) is 11.3 Å². The average molecular weight is 418 g/mol. The van der Waals surface area contributed by atoms with Gasteiger partial charge >= 0.3 is 0 Å². The molecule has 2 aromatic carbocycles. The lowest BCUT2D eigenvalue weighted by molar-refractivity contribution is -0.116. The van der Waals surface area contributed by atoms with Crippen molar-refractivity contribution < 1.29 is 14.3 Å². The van der Waals surface area contributed by atoms with Crippen LogP contribution in [0.3, 0.4) is 0 Å². The zero-order chi connectivity index (χ0) is 20.7. The number of hydrogen-bond acceptors (Lipinski definition) is 5. The normalized spacial score (nSPS) is 20.3. The topological polar surface area (TPSA) is 47.6 Å². The number of Topliss-reactive ketones (excluding diaryl/α,β-unsaturated/α-hetero) is 1. The second-order valence-electron chi connectivity index (χ2n) is 7.70. The van der Waals surface area contributed by atoms with Crippen LogP contribution in [0.2, 0.25) is 0 Å². The number of anilines is 1. The number of carbonyl (C=O) groups is 1. The Bertz CT molecular complexity index is 1120. The van der Waals surface area contributed by atoms with E-state index in [0.717, 1.165) is 34.5 Å². The predicted octanol–water partition coefficient (Wildman–Crippen LogP) is 5.72. The molecule has 3 aromatic rings. The van der Waals surface area contributed by atoms with Crippen LogP contribution in [0, 0.1) is 0 Å². The van der Waals surface area contributed by atoms with E-state index in [1.807, 2.05) is 30.3 Å². The van der Waals surface area contributed by atoms with Crippen LogP contribution in [-0.4, -0.2) is 20.0 Å². The molecule has 0 fully saturated rings. The first-order chi connectivity index (χ1) is 14.7. The number of thiophene rings is 1. The van der Waals surface area contributed by atoms with Crippen LogP contribution in [0.4, 0.5) is 5.69 Å². The molecule has 0 unspecified atom stereocenters. The van der Waals surface area contributed by atoms with Crippen molar-refractivity contribution in [2.75, 3.05) is 19.5 Å². The summed E-state index contributed by atoms with van der Waals surface area (Å²) in [5.74, 6) is 1.67. The molecule has 0 saturated carbocycles.